The molecule has 1 heterocycles. The van der Waals surface area contributed by atoms with E-state index >= 15 is 0 Å². The molecule has 0 bridgehead atoms. The molecule has 0 spiro atoms. The molecule has 14 heavy (non-hydrogen) atoms. The van der Waals surface area contributed by atoms with Crippen molar-refractivity contribution in [2.45, 2.75) is 32.1 Å². The van der Waals surface area contributed by atoms with Crippen molar-refractivity contribution in [1.29, 1.82) is 0 Å². The lowest BCUT2D eigenvalue weighted by molar-refractivity contribution is 0.0702. The van der Waals surface area contributed by atoms with Crippen LogP contribution in [0.3, 0.4) is 0 Å². The highest BCUT2D eigenvalue weighted by Crippen LogP contribution is 2.40. The van der Waals surface area contributed by atoms with Crippen LogP contribution in [0, 0.1) is 5.92 Å². The molecule has 1 aromatic rings. The van der Waals surface area contributed by atoms with Crippen molar-refractivity contribution < 1.29 is 9.90 Å². The lowest BCUT2D eigenvalue weighted by Crippen LogP contribution is -2.00. The molecule has 0 aliphatic heterocycles. The first kappa shape index (κ1) is 9.65. The zero-order chi connectivity index (χ0) is 10.1. The maximum Gasteiger partial charge on any atom is 0.347 e. The monoisotopic (exact) mass is 211 g/mol. The number of hydrogen-bond acceptors (Lipinski definition) is 3. The van der Waals surface area contributed by atoms with Gasteiger partial charge in [-0.15, -0.1) is 11.3 Å². The van der Waals surface area contributed by atoms with E-state index in [1.165, 1.54) is 30.4 Å². The van der Waals surface area contributed by atoms with Crippen LogP contribution in [0.2, 0.25) is 0 Å². The van der Waals surface area contributed by atoms with E-state index in [1.807, 2.05) is 0 Å². The van der Waals surface area contributed by atoms with Crippen molar-refractivity contribution in [3.63, 3.8) is 0 Å². The number of rotatable bonds is 2. The summed E-state index contributed by atoms with van der Waals surface area (Å²) >= 11 is 1.33. The first-order chi connectivity index (χ1) is 6.68. The predicted molar refractivity (Wildman–Crippen MR) is 54.8 cm³/mol. The van der Waals surface area contributed by atoms with E-state index in [-0.39, 0.29) is 0 Å². The molecule has 2 atom stereocenters. The summed E-state index contributed by atoms with van der Waals surface area (Å²) < 4.78 is 0. The average molecular weight is 211 g/mol. The van der Waals surface area contributed by atoms with Crippen LogP contribution in [0.15, 0.2) is 6.20 Å². The molecule has 0 aromatic carbocycles. The molecular weight excluding hydrogens is 198 g/mol. The molecule has 1 aliphatic carbocycles. The van der Waals surface area contributed by atoms with Gasteiger partial charge in [-0.2, -0.15) is 0 Å². The molecule has 0 amide bonds. The van der Waals surface area contributed by atoms with Gasteiger partial charge in [-0.25, -0.2) is 9.78 Å². The van der Waals surface area contributed by atoms with E-state index < -0.39 is 5.97 Å². The maximum absolute atomic E-state index is 10.7. The summed E-state index contributed by atoms with van der Waals surface area (Å²) in [5, 5.41) is 9.78. The van der Waals surface area contributed by atoms with Gasteiger partial charge in [0.15, 0.2) is 0 Å². The summed E-state index contributed by atoms with van der Waals surface area (Å²) in [7, 11) is 0. The van der Waals surface area contributed by atoms with Crippen LogP contribution in [0.4, 0.5) is 0 Å². The Bertz CT molecular complexity index is 348. The number of nitrogens with zero attached hydrogens (tertiary/aromatic N) is 1. The number of thiazole rings is 1. The van der Waals surface area contributed by atoms with Crippen LogP contribution in [0.5, 0.6) is 0 Å². The molecule has 1 aliphatic rings. The second-order valence-electron chi connectivity index (χ2n) is 3.88. The van der Waals surface area contributed by atoms with Gasteiger partial charge < -0.3 is 5.11 Å². The summed E-state index contributed by atoms with van der Waals surface area (Å²) in [6.45, 7) is 2.22. The summed E-state index contributed by atoms with van der Waals surface area (Å²) in [6, 6.07) is 0. The maximum atomic E-state index is 10.7. The number of hydrogen-bond donors (Lipinski definition) is 1. The Hall–Kier alpha value is -0.900. The molecule has 1 fully saturated rings. The molecule has 2 unspecified atom stereocenters. The molecule has 76 valence electrons. The van der Waals surface area contributed by atoms with Gasteiger partial charge in [-0.3, -0.25) is 0 Å². The first-order valence-electron chi connectivity index (χ1n) is 4.87. The number of aromatic nitrogens is 1. The zero-order valence-corrected chi connectivity index (χ0v) is 8.88. The highest BCUT2D eigenvalue weighted by molar-refractivity contribution is 7.13. The van der Waals surface area contributed by atoms with Gasteiger partial charge in [0.2, 0.25) is 0 Å². The van der Waals surface area contributed by atoms with E-state index in [0.717, 1.165) is 11.4 Å². The van der Waals surface area contributed by atoms with E-state index in [9.17, 15) is 4.79 Å². The van der Waals surface area contributed by atoms with E-state index in [4.69, 9.17) is 5.11 Å². The Morgan fingerprint density at radius 2 is 2.43 bits per heavy atom. The molecule has 2 rings (SSSR count). The molecule has 1 saturated carbocycles. The summed E-state index contributed by atoms with van der Waals surface area (Å²) in [4.78, 5) is 15.2. The van der Waals surface area contributed by atoms with Gasteiger partial charge in [0.05, 0.1) is 11.2 Å². The van der Waals surface area contributed by atoms with Crippen molar-refractivity contribution in [1.82, 2.24) is 4.98 Å². The Morgan fingerprint density at radius 1 is 1.64 bits per heavy atom. The second kappa shape index (κ2) is 3.69. The van der Waals surface area contributed by atoms with Crippen LogP contribution >= 0.6 is 11.3 Å². The number of carbonyl (C=O) groups is 1. The highest BCUT2D eigenvalue weighted by atomic mass is 32.1. The zero-order valence-electron chi connectivity index (χ0n) is 8.06. The van der Waals surface area contributed by atoms with Crippen LogP contribution in [-0.4, -0.2) is 16.1 Å². The summed E-state index contributed by atoms with van der Waals surface area (Å²) in [6.07, 6.45) is 5.13. The van der Waals surface area contributed by atoms with Gasteiger partial charge in [0, 0.05) is 5.92 Å². The Labute approximate surface area is 86.8 Å². The molecule has 1 aromatic heterocycles. The van der Waals surface area contributed by atoms with Crippen molar-refractivity contribution in [3.8, 4) is 0 Å². The minimum absolute atomic E-state index is 0.360. The Morgan fingerprint density at radius 3 is 2.93 bits per heavy atom. The van der Waals surface area contributed by atoms with Gasteiger partial charge >= 0.3 is 5.97 Å². The fourth-order valence-corrected chi connectivity index (χ4v) is 3.10. The molecule has 0 saturated heterocycles. The predicted octanol–water partition coefficient (Wildman–Crippen LogP) is 2.74. The van der Waals surface area contributed by atoms with Crippen molar-refractivity contribution in [3.05, 3.63) is 16.1 Å². The third-order valence-corrected chi connectivity index (χ3v) is 4.03. The highest BCUT2D eigenvalue weighted by Gasteiger charge is 2.27. The normalized spacial score (nSPS) is 26.6. The quantitative estimate of drug-likeness (QED) is 0.818. The summed E-state index contributed by atoms with van der Waals surface area (Å²) in [5.74, 6) is 0.287. The molecule has 4 heteroatoms. The smallest absolute Gasteiger partial charge is 0.347 e. The van der Waals surface area contributed by atoms with E-state index in [1.54, 1.807) is 0 Å². The molecular formula is C10H13NO2S. The van der Waals surface area contributed by atoms with Crippen molar-refractivity contribution >= 4 is 17.3 Å². The minimum Gasteiger partial charge on any atom is -0.477 e. The second-order valence-corrected chi connectivity index (χ2v) is 4.94. The Kier molecular flexibility index (Phi) is 2.54. The molecule has 0 radical (unpaired) electrons. The number of carboxylic acid groups (broad SMARTS) is 1. The standard InChI is InChI=1S/C10H13NO2S/c1-6-3-2-4-7(6)9-11-5-8(14-9)10(12)13/h5-7H,2-4H2,1H3,(H,12,13). The lowest BCUT2D eigenvalue weighted by Gasteiger charge is -2.10. The third-order valence-electron chi connectivity index (χ3n) is 2.91. The largest absolute Gasteiger partial charge is 0.477 e. The van der Waals surface area contributed by atoms with Gasteiger partial charge in [0.25, 0.3) is 0 Å². The fraction of sp³-hybridized carbons (Fsp3) is 0.600. The minimum atomic E-state index is -0.862. The van der Waals surface area contributed by atoms with Crippen LogP contribution in [0.1, 0.15) is 46.8 Å². The van der Waals surface area contributed by atoms with Gasteiger partial charge in [0.1, 0.15) is 4.88 Å². The fourth-order valence-electron chi connectivity index (χ4n) is 2.07. The Balaban J connectivity index is 2.20. The molecule has 3 nitrogen and oxygen atoms in total. The van der Waals surface area contributed by atoms with Gasteiger partial charge in [-0.05, 0) is 12.3 Å². The molecule has 1 N–H and O–H groups in total. The lowest BCUT2D eigenvalue weighted by atomic mass is 9.99. The topological polar surface area (TPSA) is 50.2 Å². The third kappa shape index (κ3) is 1.66. The van der Waals surface area contributed by atoms with Crippen LogP contribution < -0.4 is 0 Å². The summed E-state index contributed by atoms with van der Waals surface area (Å²) in [5.41, 5.74) is 0. The SMILES string of the molecule is CC1CCCC1c1ncc(C(=O)O)s1. The first-order valence-corrected chi connectivity index (χ1v) is 5.69. The van der Waals surface area contributed by atoms with Crippen molar-refractivity contribution in [2.24, 2.45) is 5.92 Å². The van der Waals surface area contributed by atoms with Gasteiger partial charge in [-0.1, -0.05) is 19.8 Å². The van der Waals surface area contributed by atoms with E-state index in [0.29, 0.717) is 16.7 Å². The van der Waals surface area contributed by atoms with Crippen LogP contribution in [0.25, 0.3) is 0 Å². The average Bonchev–Trinajstić information content (AvgIpc) is 2.71. The number of aromatic carboxylic acids is 1. The van der Waals surface area contributed by atoms with Crippen molar-refractivity contribution in [2.75, 3.05) is 0 Å². The number of carboxylic acids is 1. The van der Waals surface area contributed by atoms with Crippen LogP contribution in [-0.2, 0) is 0 Å². The van der Waals surface area contributed by atoms with E-state index in [2.05, 4.69) is 11.9 Å².